The molecule has 1 aromatic heterocycles. The Morgan fingerprint density at radius 2 is 2.22 bits per heavy atom. The molecule has 0 fully saturated rings. The second-order valence-corrected chi connectivity index (χ2v) is 5.09. The molecule has 0 radical (unpaired) electrons. The van der Waals surface area contributed by atoms with E-state index in [-0.39, 0.29) is 0 Å². The predicted molar refractivity (Wildman–Crippen MR) is 74.8 cm³/mol. The molecule has 6 nitrogen and oxygen atoms in total. The van der Waals surface area contributed by atoms with E-state index in [9.17, 15) is 4.79 Å². The van der Waals surface area contributed by atoms with E-state index in [1.54, 1.807) is 11.3 Å². The van der Waals surface area contributed by atoms with Crippen molar-refractivity contribution in [1.82, 2.24) is 10.3 Å². The number of nitrogen functional groups attached to an aromatic ring is 1. The number of benzene rings is 1. The Kier molecular flexibility index (Phi) is 3.52. The molecule has 0 saturated heterocycles. The molecule has 0 spiro atoms. The van der Waals surface area contributed by atoms with Gasteiger partial charge in [0.15, 0.2) is 0 Å². The zero-order valence-corrected chi connectivity index (χ0v) is 10.8. The molecule has 0 unspecified atom stereocenters. The Morgan fingerprint density at radius 3 is 2.94 bits per heavy atom. The van der Waals surface area contributed by atoms with E-state index in [1.165, 1.54) is 0 Å². The number of rotatable bonds is 4. The smallest absolute Gasteiger partial charge is 0.312 e. The minimum Gasteiger partial charge on any atom is -0.397 e. The Hall–Kier alpha value is -2.02. The van der Waals surface area contributed by atoms with Gasteiger partial charge < -0.3 is 22.1 Å². The number of nitrogens with one attached hydrogen (secondary N) is 2. The Balaban J connectivity index is 2.07. The highest BCUT2D eigenvalue weighted by molar-refractivity contribution is 7.18. The lowest BCUT2D eigenvalue weighted by Crippen LogP contribution is -2.33. The quantitative estimate of drug-likeness (QED) is 0.493. The second-order valence-electron chi connectivity index (χ2n) is 3.86. The molecular weight excluding hydrogens is 250 g/mol. The fourth-order valence-corrected chi connectivity index (χ4v) is 2.50. The number of hydrogen-bond acceptors (Lipinski definition) is 5. The Labute approximate surface area is 108 Å². The normalized spacial score (nSPS) is 10.5. The molecule has 7 heteroatoms. The molecule has 0 saturated carbocycles. The van der Waals surface area contributed by atoms with Gasteiger partial charge in [0, 0.05) is 13.1 Å². The highest BCUT2D eigenvalue weighted by Gasteiger charge is 2.05. The van der Waals surface area contributed by atoms with Crippen LogP contribution in [0.2, 0.25) is 0 Å². The topological polar surface area (TPSA) is 106 Å². The summed E-state index contributed by atoms with van der Waals surface area (Å²) in [6.45, 7) is 2.97. The van der Waals surface area contributed by atoms with Crippen molar-refractivity contribution in [2.75, 3.05) is 24.1 Å². The zero-order chi connectivity index (χ0) is 13.1. The van der Waals surface area contributed by atoms with Crippen LogP contribution in [0.3, 0.4) is 0 Å². The number of hydrogen-bond donors (Lipinski definition) is 4. The molecule has 2 aromatic rings. The zero-order valence-electron chi connectivity index (χ0n) is 9.99. The fourth-order valence-electron chi connectivity index (χ4n) is 1.64. The molecule has 0 aliphatic carbocycles. The molecule has 2 amide bonds. The average molecular weight is 265 g/mol. The summed E-state index contributed by atoms with van der Waals surface area (Å²) in [4.78, 5) is 14.9. The molecule has 2 rings (SSSR count). The number of nitrogens with two attached hydrogens (primary N) is 2. The van der Waals surface area contributed by atoms with Gasteiger partial charge in [-0.15, -0.1) is 11.3 Å². The highest BCUT2D eigenvalue weighted by Crippen LogP contribution is 2.29. The van der Waals surface area contributed by atoms with Gasteiger partial charge in [0.25, 0.3) is 0 Å². The van der Waals surface area contributed by atoms with Crippen LogP contribution in [0.5, 0.6) is 0 Å². The average Bonchev–Trinajstić information content (AvgIpc) is 2.63. The Morgan fingerprint density at radius 1 is 1.44 bits per heavy atom. The maximum Gasteiger partial charge on any atom is 0.312 e. The number of aryl methyl sites for hydroxylation is 1. The van der Waals surface area contributed by atoms with Crippen LogP contribution in [-0.4, -0.2) is 24.1 Å². The number of thiazole rings is 1. The van der Waals surface area contributed by atoms with E-state index in [1.807, 2.05) is 19.1 Å². The van der Waals surface area contributed by atoms with E-state index in [2.05, 4.69) is 15.6 Å². The SMILES string of the molecule is Cc1nc2cc(NCCNC(N)=O)c(N)cc2s1. The molecule has 0 atom stereocenters. The number of carbonyl (C=O) groups is 1. The van der Waals surface area contributed by atoms with Crippen LogP contribution >= 0.6 is 11.3 Å². The summed E-state index contributed by atoms with van der Waals surface area (Å²) in [5.74, 6) is 0. The van der Waals surface area contributed by atoms with Gasteiger partial charge in [-0.25, -0.2) is 9.78 Å². The summed E-state index contributed by atoms with van der Waals surface area (Å²) in [7, 11) is 0. The number of amides is 2. The minimum atomic E-state index is -0.532. The molecule has 1 heterocycles. The van der Waals surface area contributed by atoms with Crippen LogP contribution in [0.1, 0.15) is 5.01 Å². The summed E-state index contributed by atoms with van der Waals surface area (Å²) in [6.07, 6.45) is 0. The molecule has 6 N–H and O–H groups in total. The number of primary amides is 1. The summed E-state index contributed by atoms with van der Waals surface area (Å²) < 4.78 is 1.07. The molecule has 96 valence electrons. The molecule has 1 aromatic carbocycles. The third kappa shape index (κ3) is 2.80. The van der Waals surface area contributed by atoms with Gasteiger partial charge in [0.2, 0.25) is 0 Å². The number of carbonyl (C=O) groups excluding carboxylic acids is 1. The van der Waals surface area contributed by atoms with Gasteiger partial charge in [-0.05, 0) is 19.1 Å². The standard InChI is InChI=1S/C11H15N5OS/c1-6-16-9-5-8(7(12)4-10(9)18-6)14-2-3-15-11(13)17/h4-5,14H,2-3,12H2,1H3,(H3,13,15,17). The highest BCUT2D eigenvalue weighted by atomic mass is 32.1. The summed E-state index contributed by atoms with van der Waals surface area (Å²) in [5.41, 5.74) is 13.3. The van der Waals surface area contributed by atoms with Crippen molar-refractivity contribution in [2.24, 2.45) is 5.73 Å². The van der Waals surface area contributed by atoms with E-state index in [4.69, 9.17) is 11.5 Å². The van der Waals surface area contributed by atoms with Gasteiger partial charge >= 0.3 is 6.03 Å². The van der Waals surface area contributed by atoms with Crippen LogP contribution in [-0.2, 0) is 0 Å². The summed E-state index contributed by atoms with van der Waals surface area (Å²) in [6, 6.07) is 3.29. The number of anilines is 2. The lowest BCUT2D eigenvalue weighted by Gasteiger charge is -2.09. The number of fused-ring (bicyclic) bond motifs is 1. The van der Waals surface area contributed by atoms with Crippen molar-refractivity contribution in [1.29, 1.82) is 0 Å². The third-order valence-electron chi connectivity index (χ3n) is 2.41. The maximum atomic E-state index is 10.5. The predicted octanol–water partition coefficient (Wildman–Crippen LogP) is 1.27. The largest absolute Gasteiger partial charge is 0.397 e. The third-order valence-corrected chi connectivity index (χ3v) is 3.34. The molecule has 0 aliphatic heterocycles. The first-order valence-corrected chi connectivity index (χ1v) is 6.32. The molecule has 0 bridgehead atoms. The number of urea groups is 1. The lowest BCUT2D eigenvalue weighted by atomic mass is 10.2. The van der Waals surface area contributed by atoms with E-state index >= 15 is 0 Å². The van der Waals surface area contributed by atoms with Crippen LogP contribution < -0.4 is 22.1 Å². The maximum absolute atomic E-state index is 10.5. The molecule has 0 aliphatic rings. The molecule has 18 heavy (non-hydrogen) atoms. The van der Waals surface area contributed by atoms with Crippen molar-refractivity contribution < 1.29 is 4.79 Å². The molecular formula is C11H15N5OS. The monoisotopic (exact) mass is 265 g/mol. The number of aromatic nitrogens is 1. The van der Waals surface area contributed by atoms with Gasteiger partial charge in [-0.1, -0.05) is 0 Å². The van der Waals surface area contributed by atoms with Gasteiger partial charge in [-0.3, -0.25) is 0 Å². The van der Waals surface area contributed by atoms with Crippen molar-refractivity contribution in [3.05, 3.63) is 17.1 Å². The first-order valence-electron chi connectivity index (χ1n) is 5.50. The van der Waals surface area contributed by atoms with E-state index < -0.39 is 6.03 Å². The van der Waals surface area contributed by atoms with Gasteiger partial charge in [0.05, 0.1) is 26.6 Å². The van der Waals surface area contributed by atoms with Crippen LogP contribution in [0.4, 0.5) is 16.2 Å². The minimum absolute atomic E-state index is 0.447. The lowest BCUT2D eigenvalue weighted by molar-refractivity contribution is 0.249. The fraction of sp³-hybridized carbons (Fsp3) is 0.273. The Bertz CT molecular complexity index is 580. The first-order chi connectivity index (χ1) is 8.56. The van der Waals surface area contributed by atoms with Crippen LogP contribution in [0, 0.1) is 6.92 Å². The van der Waals surface area contributed by atoms with E-state index in [0.29, 0.717) is 18.8 Å². The second kappa shape index (κ2) is 5.09. The first kappa shape index (κ1) is 12.4. The van der Waals surface area contributed by atoms with E-state index in [0.717, 1.165) is 20.9 Å². The van der Waals surface area contributed by atoms with Crippen LogP contribution in [0.15, 0.2) is 12.1 Å². The summed E-state index contributed by atoms with van der Waals surface area (Å²) in [5, 5.41) is 6.65. The van der Waals surface area contributed by atoms with Gasteiger partial charge in [-0.2, -0.15) is 0 Å². The summed E-state index contributed by atoms with van der Waals surface area (Å²) >= 11 is 1.61. The van der Waals surface area contributed by atoms with Crippen molar-refractivity contribution in [3.63, 3.8) is 0 Å². The van der Waals surface area contributed by atoms with Crippen molar-refractivity contribution >= 4 is 39.0 Å². The van der Waals surface area contributed by atoms with Crippen LogP contribution in [0.25, 0.3) is 10.2 Å². The van der Waals surface area contributed by atoms with Gasteiger partial charge in [0.1, 0.15) is 0 Å². The van der Waals surface area contributed by atoms with Crippen molar-refractivity contribution in [2.45, 2.75) is 6.92 Å². The number of nitrogens with zero attached hydrogens (tertiary/aromatic N) is 1. The van der Waals surface area contributed by atoms with Crippen molar-refractivity contribution in [3.8, 4) is 0 Å².